The molecule has 3 heterocycles. The van der Waals surface area contributed by atoms with Crippen molar-refractivity contribution in [3.8, 4) is 5.69 Å². The van der Waals surface area contributed by atoms with E-state index in [2.05, 4.69) is 60.6 Å². The van der Waals surface area contributed by atoms with E-state index in [1.165, 1.54) is 19.3 Å². The third-order valence-electron chi connectivity index (χ3n) is 5.50. The van der Waals surface area contributed by atoms with Gasteiger partial charge in [-0.3, -0.25) is 4.99 Å². The van der Waals surface area contributed by atoms with Crippen molar-refractivity contribution in [3.63, 3.8) is 0 Å². The van der Waals surface area contributed by atoms with Gasteiger partial charge in [0.2, 0.25) is 0 Å². The molecule has 0 saturated heterocycles. The number of fused-ring (bicyclic) bond motifs is 1. The van der Waals surface area contributed by atoms with Crippen LogP contribution >= 0.6 is 0 Å². The second-order valence-corrected chi connectivity index (χ2v) is 7.74. The van der Waals surface area contributed by atoms with Crippen molar-refractivity contribution in [2.24, 2.45) is 4.99 Å². The number of rotatable bonds is 5. The van der Waals surface area contributed by atoms with Gasteiger partial charge >= 0.3 is 0 Å². The molecule has 8 heteroatoms. The maximum absolute atomic E-state index is 4.63. The molecule has 0 bridgehead atoms. The molecule has 1 aliphatic rings. The van der Waals surface area contributed by atoms with E-state index in [1.807, 2.05) is 23.7 Å². The summed E-state index contributed by atoms with van der Waals surface area (Å²) in [6.45, 7) is 6.34. The zero-order valence-electron chi connectivity index (χ0n) is 18.0. The maximum atomic E-state index is 4.63. The topological polar surface area (TPSA) is 84.9 Å². The van der Waals surface area contributed by atoms with Crippen LogP contribution in [0.4, 0.5) is 0 Å². The molecule has 1 aromatic carbocycles. The van der Waals surface area contributed by atoms with Gasteiger partial charge in [-0.25, -0.2) is 4.68 Å². The molecule has 2 N–H and O–H groups in total. The van der Waals surface area contributed by atoms with Crippen LogP contribution in [-0.2, 0) is 26.1 Å². The highest BCUT2D eigenvalue weighted by Crippen LogP contribution is 2.17. The Bertz CT molecular complexity index is 1030. The molecular weight excluding hydrogens is 376 g/mol. The summed E-state index contributed by atoms with van der Waals surface area (Å²) in [5, 5.41) is 20.2. The van der Waals surface area contributed by atoms with Crippen molar-refractivity contribution >= 4 is 5.96 Å². The molecule has 0 aliphatic carbocycles. The summed E-state index contributed by atoms with van der Waals surface area (Å²) in [6, 6.07) is 10.4. The number of aliphatic imine (C=N–C) groups is 1. The molecular formula is C22H30N8. The van der Waals surface area contributed by atoms with Crippen LogP contribution in [-0.4, -0.2) is 37.6 Å². The summed E-state index contributed by atoms with van der Waals surface area (Å²) in [4.78, 5) is 4.37. The fourth-order valence-corrected chi connectivity index (χ4v) is 3.98. The minimum Gasteiger partial charge on any atom is -0.352 e. The van der Waals surface area contributed by atoms with Gasteiger partial charge in [0, 0.05) is 32.3 Å². The van der Waals surface area contributed by atoms with E-state index in [-0.39, 0.29) is 0 Å². The van der Waals surface area contributed by atoms with E-state index in [1.54, 1.807) is 7.05 Å². The Hall–Kier alpha value is -3.16. The molecule has 4 rings (SSSR count). The number of hydrogen-bond donors (Lipinski definition) is 2. The highest BCUT2D eigenvalue weighted by atomic mass is 15.3. The fourth-order valence-electron chi connectivity index (χ4n) is 3.98. The molecule has 8 nitrogen and oxygen atoms in total. The van der Waals surface area contributed by atoms with E-state index >= 15 is 0 Å². The standard InChI is InChI=1S/C22H30N8/c1-16-13-17(2)30(28-16)19-10-7-6-9-18(19)14-24-22(23-3)25-15-21-27-26-20-11-5-4-8-12-29(20)21/h6-7,9-10,13H,4-5,8,11-12,14-15H2,1-3H3,(H2,23,24,25). The Balaban J connectivity index is 1.41. The van der Waals surface area contributed by atoms with Crippen LogP contribution < -0.4 is 10.6 Å². The SMILES string of the molecule is CN=C(NCc1ccccc1-n1nc(C)cc1C)NCc1nnc2n1CCCCC2. The lowest BCUT2D eigenvalue weighted by Gasteiger charge is -2.15. The molecule has 0 amide bonds. The number of nitrogens with one attached hydrogen (secondary N) is 2. The van der Waals surface area contributed by atoms with Gasteiger partial charge in [0.1, 0.15) is 5.82 Å². The average Bonchev–Trinajstić information content (AvgIpc) is 3.20. The van der Waals surface area contributed by atoms with Crippen molar-refractivity contribution in [3.05, 3.63) is 58.9 Å². The number of guanidine groups is 1. The van der Waals surface area contributed by atoms with Crippen LogP contribution in [0.1, 0.15) is 47.9 Å². The van der Waals surface area contributed by atoms with Crippen molar-refractivity contribution in [1.29, 1.82) is 0 Å². The monoisotopic (exact) mass is 406 g/mol. The largest absolute Gasteiger partial charge is 0.352 e. The van der Waals surface area contributed by atoms with Crippen molar-refractivity contribution in [2.45, 2.75) is 59.2 Å². The van der Waals surface area contributed by atoms with Gasteiger partial charge in [0.15, 0.2) is 11.8 Å². The van der Waals surface area contributed by atoms with E-state index in [4.69, 9.17) is 0 Å². The molecule has 0 radical (unpaired) electrons. The van der Waals surface area contributed by atoms with Gasteiger partial charge in [-0.15, -0.1) is 10.2 Å². The third-order valence-corrected chi connectivity index (χ3v) is 5.50. The predicted molar refractivity (Wildman–Crippen MR) is 118 cm³/mol. The number of aryl methyl sites for hydroxylation is 3. The number of hydrogen-bond acceptors (Lipinski definition) is 4. The zero-order chi connectivity index (χ0) is 20.9. The average molecular weight is 407 g/mol. The normalized spacial score (nSPS) is 14.3. The first-order valence-corrected chi connectivity index (χ1v) is 10.6. The van der Waals surface area contributed by atoms with E-state index in [9.17, 15) is 0 Å². The van der Waals surface area contributed by atoms with Crippen LogP contribution in [0.25, 0.3) is 5.69 Å². The summed E-state index contributed by atoms with van der Waals surface area (Å²) in [5.74, 6) is 2.81. The second kappa shape index (κ2) is 9.11. The Morgan fingerprint density at radius 2 is 1.90 bits per heavy atom. The summed E-state index contributed by atoms with van der Waals surface area (Å²) in [6.07, 6.45) is 4.66. The lowest BCUT2D eigenvalue weighted by Crippen LogP contribution is -2.37. The predicted octanol–water partition coefficient (Wildman–Crippen LogP) is 2.67. The Morgan fingerprint density at radius 1 is 1.07 bits per heavy atom. The first-order chi connectivity index (χ1) is 14.7. The molecule has 2 aromatic heterocycles. The van der Waals surface area contributed by atoms with Crippen LogP contribution in [0.5, 0.6) is 0 Å². The number of para-hydroxylation sites is 1. The van der Waals surface area contributed by atoms with E-state index in [0.29, 0.717) is 13.1 Å². The maximum Gasteiger partial charge on any atom is 0.191 e. The molecule has 3 aromatic rings. The van der Waals surface area contributed by atoms with E-state index < -0.39 is 0 Å². The smallest absolute Gasteiger partial charge is 0.191 e. The molecule has 0 saturated carbocycles. The molecule has 158 valence electrons. The minimum atomic E-state index is 0.603. The molecule has 0 atom stereocenters. The van der Waals surface area contributed by atoms with Crippen molar-refractivity contribution in [1.82, 2.24) is 35.2 Å². The first kappa shape index (κ1) is 20.1. The lowest BCUT2D eigenvalue weighted by atomic mass is 10.1. The highest BCUT2D eigenvalue weighted by molar-refractivity contribution is 5.79. The second-order valence-electron chi connectivity index (χ2n) is 7.74. The van der Waals surface area contributed by atoms with Gasteiger partial charge in [0.05, 0.1) is 17.9 Å². The summed E-state index contributed by atoms with van der Waals surface area (Å²) >= 11 is 0. The van der Waals surface area contributed by atoms with Gasteiger partial charge in [-0.2, -0.15) is 5.10 Å². The number of nitrogens with zero attached hydrogens (tertiary/aromatic N) is 6. The summed E-state index contributed by atoms with van der Waals surface area (Å²) < 4.78 is 4.25. The van der Waals surface area contributed by atoms with Gasteiger partial charge in [0.25, 0.3) is 0 Å². The zero-order valence-corrected chi connectivity index (χ0v) is 18.0. The summed E-state index contributed by atoms with van der Waals surface area (Å²) in [5.41, 5.74) is 4.37. The van der Waals surface area contributed by atoms with Gasteiger partial charge < -0.3 is 15.2 Å². The van der Waals surface area contributed by atoms with Crippen LogP contribution in [0.15, 0.2) is 35.3 Å². The molecule has 0 fully saturated rings. The van der Waals surface area contributed by atoms with Crippen LogP contribution in [0, 0.1) is 13.8 Å². The minimum absolute atomic E-state index is 0.603. The summed E-state index contributed by atoms with van der Waals surface area (Å²) in [7, 11) is 1.78. The van der Waals surface area contributed by atoms with Crippen LogP contribution in [0.2, 0.25) is 0 Å². The highest BCUT2D eigenvalue weighted by Gasteiger charge is 2.15. The first-order valence-electron chi connectivity index (χ1n) is 10.6. The Labute approximate surface area is 177 Å². The van der Waals surface area contributed by atoms with Crippen molar-refractivity contribution in [2.75, 3.05) is 7.05 Å². The quantitative estimate of drug-likeness (QED) is 0.503. The molecule has 0 unspecified atom stereocenters. The van der Waals surface area contributed by atoms with E-state index in [0.717, 1.165) is 53.2 Å². The van der Waals surface area contributed by atoms with Crippen LogP contribution in [0.3, 0.4) is 0 Å². The molecule has 30 heavy (non-hydrogen) atoms. The Morgan fingerprint density at radius 3 is 2.70 bits per heavy atom. The lowest BCUT2D eigenvalue weighted by molar-refractivity contribution is 0.596. The number of aromatic nitrogens is 5. The third kappa shape index (κ3) is 4.37. The van der Waals surface area contributed by atoms with Gasteiger partial charge in [-0.1, -0.05) is 24.6 Å². The molecule has 0 spiro atoms. The fraction of sp³-hybridized carbons (Fsp3) is 0.455. The number of benzene rings is 1. The van der Waals surface area contributed by atoms with Gasteiger partial charge in [-0.05, 0) is 44.4 Å². The molecule has 1 aliphatic heterocycles. The van der Waals surface area contributed by atoms with Crippen molar-refractivity contribution < 1.29 is 0 Å². The Kier molecular flexibility index (Phi) is 6.11.